The Hall–Kier alpha value is -2.57. The zero-order chi connectivity index (χ0) is 21.6. The molecule has 1 amide bonds. The lowest BCUT2D eigenvalue weighted by Gasteiger charge is -2.21. The second kappa shape index (κ2) is 10.2. The molecule has 5 nitrogen and oxygen atoms in total. The summed E-state index contributed by atoms with van der Waals surface area (Å²) in [6, 6.07) is 11.5. The molecule has 4 rings (SSSR count). The van der Waals surface area contributed by atoms with E-state index in [0.29, 0.717) is 24.5 Å². The second-order valence-corrected chi connectivity index (χ2v) is 8.89. The van der Waals surface area contributed by atoms with Crippen LogP contribution in [0, 0.1) is 0 Å². The van der Waals surface area contributed by atoms with Crippen molar-refractivity contribution in [2.24, 2.45) is 0 Å². The van der Waals surface area contributed by atoms with Crippen molar-refractivity contribution in [2.75, 3.05) is 6.54 Å². The van der Waals surface area contributed by atoms with E-state index in [4.69, 9.17) is 21.0 Å². The molecule has 3 aromatic heterocycles. The van der Waals surface area contributed by atoms with Crippen LogP contribution in [0.25, 0.3) is 16.2 Å². The molecular weight excluding hydrogens is 430 g/mol. The second-order valence-electron chi connectivity index (χ2n) is 7.61. The number of hydrogen-bond acceptors (Lipinski definition) is 4. The minimum Gasteiger partial charge on any atom is -0.467 e. The molecule has 0 saturated heterocycles. The van der Waals surface area contributed by atoms with Crippen molar-refractivity contribution in [2.45, 2.75) is 45.6 Å². The van der Waals surface area contributed by atoms with Gasteiger partial charge in [-0.3, -0.25) is 9.20 Å². The van der Waals surface area contributed by atoms with Crippen LogP contribution in [-0.2, 0) is 17.8 Å². The molecule has 3 heterocycles. The highest BCUT2D eigenvalue weighted by Gasteiger charge is 2.17. The van der Waals surface area contributed by atoms with Gasteiger partial charge in [0, 0.05) is 47.2 Å². The van der Waals surface area contributed by atoms with E-state index in [-0.39, 0.29) is 5.91 Å². The van der Waals surface area contributed by atoms with Crippen molar-refractivity contribution < 1.29 is 9.21 Å². The summed E-state index contributed by atoms with van der Waals surface area (Å²) < 4.78 is 7.62. The average Bonchev–Trinajstić information content (AvgIpc) is 3.50. The van der Waals surface area contributed by atoms with Crippen molar-refractivity contribution in [3.8, 4) is 11.3 Å². The van der Waals surface area contributed by atoms with Gasteiger partial charge in [-0.15, -0.1) is 11.3 Å². The standard InChI is InChI=1S/C24H26ClN3O2S/c1-2-3-4-7-23(29)27(15-21-6-5-14-30-21)13-12-20-17-31-24-26-22(16-28(20)24)18-8-10-19(25)11-9-18/h5-6,8-11,14,16-17H,2-4,7,12-13,15H2,1H3. The van der Waals surface area contributed by atoms with Crippen LogP contribution in [0.5, 0.6) is 0 Å². The van der Waals surface area contributed by atoms with E-state index in [1.165, 1.54) is 0 Å². The fourth-order valence-electron chi connectivity index (χ4n) is 3.59. The predicted octanol–water partition coefficient (Wildman–Crippen LogP) is 6.46. The number of furan rings is 1. The number of benzene rings is 1. The van der Waals surface area contributed by atoms with Gasteiger partial charge in [0.2, 0.25) is 5.91 Å². The third-order valence-electron chi connectivity index (χ3n) is 5.33. The molecular formula is C24H26ClN3O2S. The first-order valence-corrected chi connectivity index (χ1v) is 11.9. The van der Waals surface area contributed by atoms with Crippen LogP contribution in [0.2, 0.25) is 5.02 Å². The van der Waals surface area contributed by atoms with Crippen molar-refractivity contribution in [3.05, 3.63) is 70.7 Å². The van der Waals surface area contributed by atoms with E-state index in [9.17, 15) is 4.79 Å². The lowest BCUT2D eigenvalue weighted by molar-refractivity contribution is -0.132. The Morgan fingerprint density at radius 2 is 2.06 bits per heavy atom. The van der Waals surface area contributed by atoms with E-state index < -0.39 is 0 Å². The highest BCUT2D eigenvalue weighted by molar-refractivity contribution is 7.15. The van der Waals surface area contributed by atoms with Crippen LogP contribution in [0.1, 0.15) is 44.1 Å². The van der Waals surface area contributed by atoms with Gasteiger partial charge < -0.3 is 9.32 Å². The molecule has 4 aromatic rings. The van der Waals surface area contributed by atoms with Gasteiger partial charge in [-0.2, -0.15) is 0 Å². The number of carbonyl (C=O) groups is 1. The fourth-order valence-corrected chi connectivity index (χ4v) is 4.62. The number of nitrogens with zero attached hydrogens (tertiary/aromatic N) is 3. The smallest absolute Gasteiger partial charge is 0.222 e. The van der Waals surface area contributed by atoms with Gasteiger partial charge >= 0.3 is 0 Å². The van der Waals surface area contributed by atoms with Crippen LogP contribution in [0.4, 0.5) is 0 Å². The summed E-state index contributed by atoms with van der Waals surface area (Å²) in [5.41, 5.74) is 3.11. The lowest BCUT2D eigenvalue weighted by atomic mass is 10.2. The summed E-state index contributed by atoms with van der Waals surface area (Å²) in [4.78, 5) is 20.5. The molecule has 0 N–H and O–H groups in total. The van der Waals surface area contributed by atoms with Crippen LogP contribution in [0.3, 0.4) is 0 Å². The number of amides is 1. The van der Waals surface area contributed by atoms with Crippen molar-refractivity contribution in [1.82, 2.24) is 14.3 Å². The molecule has 162 valence electrons. The summed E-state index contributed by atoms with van der Waals surface area (Å²) in [6.45, 7) is 3.30. The first kappa shape index (κ1) is 21.7. The van der Waals surface area contributed by atoms with Gasteiger partial charge in [0.1, 0.15) is 5.76 Å². The maximum atomic E-state index is 12.8. The fraction of sp³-hybridized carbons (Fsp3) is 0.333. The van der Waals surface area contributed by atoms with Crippen LogP contribution >= 0.6 is 22.9 Å². The first-order valence-electron chi connectivity index (χ1n) is 10.7. The van der Waals surface area contributed by atoms with E-state index in [1.54, 1.807) is 17.6 Å². The Balaban J connectivity index is 1.48. The minimum absolute atomic E-state index is 0.184. The SMILES string of the molecule is CCCCCC(=O)N(CCc1csc2nc(-c3ccc(Cl)cc3)cn12)Cc1ccco1. The zero-order valence-electron chi connectivity index (χ0n) is 17.6. The minimum atomic E-state index is 0.184. The Labute approximate surface area is 191 Å². The molecule has 31 heavy (non-hydrogen) atoms. The van der Waals surface area contributed by atoms with Crippen molar-refractivity contribution in [1.29, 1.82) is 0 Å². The zero-order valence-corrected chi connectivity index (χ0v) is 19.2. The Bertz CT molecular complexity index is 1120. The van der Waals surface area contributed by atoms with E-state index >= 15 is 0 Å². The number of rotatable bonds is 10. The summed E-state index contributed by atoms with van der Waals surface area (Å²) >= 11 is 7.63. The summed E-state index contributed by atoms with van der Waals surface area (Å²) in [5.74, 6) is 0.996. The van der Waals surface area contributed by atoms with Gasteiger partial charge in [-0.05, 0) is 30.7 Å². The molecule has 0 fully saturated rings. The molecule has 0 saturated carbocycles. The van der Waals surface area contributed by atoms with E-state index in [1.807, 2.05) is 41.3 Å². The van der Waals surface area contributed by atoms with Crippen LogP contribution in [-0.4, -0.2) is 26.7 Å². The first-order chi connectivity index (χ1) is 15.1. The van der Waals surface area contributed by atoms with E-state index in [0.717, 1.165) is 53.4 Å². The number of imidazole rings is 1. The van der Waals surface area contributed by atoms with Crippen LogP contribution in [0.15, 0.2) is 58.7 Å². The predicted molar refractivity (Wildman–Crippen MR) is 125 cm³/mol. The molecule has 0 bridgehead atoms. The molecule has 0 aliphatic heterocycles. The highest BCUT2D eigenvalue weighted by Crippen LogP contribution is 2.25. The highest BCUT2D eigenvalue weighted by atomic mass is 35.5. The number of unbranched alkanes of at least 4 members (excludes halogenated alkanes) is 2. The van der Waals surface area contributed by atoms with Crippen molar-refractivity contribution in [3.63, 3.8) is 0 Å². The van der Waals surface area contributed by atoms with E-state index in [2.05, 4.69) is 22.9 Å². The number of hydrogen-bond donors (Lipinski definition) is 0. The molecule has 7 heteroatoms. The molecule has 0 unspecified atom stereocenters. The molecule has 0 aliphatic rings. The molecule has 0 atom stereocenters. The Kier molecular flexibility index (Phi) is 7.10. The van der Waals surface area contributed by atoms with Gasteiger partial charge in [-0.25, -0.2) is 4.98 Å². The van der Waals surface area contributed by atoms with Gasteiger partial charge in [0.05, 0.1) is 18.5 Å². The summed E-state index contributed by atoms with van der Waals surface area (Å²) in [6.07, 6.45) is 8.17. The van der Waals surface area contributed by atoms with Crippen LogP contribution < -0.4 is 0 Å². The number of carbonyl (C=O) groups excluding carboxylic acids is 1. The topological polar surface area (TPSA) is 50.8 Å². The monoisotopic (exact) mass is 455 g/mol. The third kappa shape index (κ3) is 5.38. The largest absolute Gasteiger partial charge is 0.467 e. The lowest BCUT2D eigenvalue weighted by Crippen LogP contribution is -2.32. The Morgan fingerprint density at radius 3 is 2.81 bits per heavy atom. The normalized spacial score (nSPS) is 11.3. The number of aromatic nitrogens is 2. The number of fused-ring (bicyclic) bond motifs is 1. The molecule has 0 aliphatic carbocycles. The molecule has 1 aromatic carbocycles. The number of thiazole rings is 1. The van der Waals surface area contributed by atoms with Crippen molar-refractivity contribution >= 4 is 33.8 Å². The maximum absolute atomic E-state index is 12.8. The molecule has 0 spiro atoms. The summed E-state index contributed by atoms with van der Waals surface area (Å²) in [5, 5.41) is 2.84. The average molecular weight is 456 g/mol. The quantitative estimate of drug-likeness (QED) is 0.258. The maximum Gasteiger partial charge on any atom is 0.222 e. The van der Waals surface area contributed by atoms with Gasteiger partial charge in [-0.1, -0.05) is 43.5 Å². The van der Waals surface area contributed by atoms with Gasteiger partial charge in [0.25, 0.3) is 0 Å². The Morgan fingerprint density at radius 1 is 1.23 bits per heavy atom. The number of halogens is 1. The van der Waals surface area contributed by atoms with Gasteiger partial charge in [0.15, 0.2) is 4.96 Å². The summed E-state index contributed by atoms with van der Waals surface area (Å²) in [7, 11) is 0. The molecule has 0 radical (unpaired) electrons. The third-order valence-corrected chi connectivity index (χ3v) is 6.48.